The van der Waals surface area contributed by atoms with E-state index in [0.29, 0.717) is 16.8 Å². The number of amides is 4. The smallest absolute Gasteiger partial charge is 0.253 e. The summed E-state index contributed by atoms with van der Waals surface area (Å²) in [6.07, 6.45) is 5.19. The molecular weight excluding hydrogens is 272 g/mol. The van der Waals surface area contributed by atoms with Crippen molar-refractivity contribution in [3.63, 3.8) is 0 Å². The number of imide groups is 2. The monoisotopic (exact) mass is 288 g/mol. The highest BCUT2D eigenvalue weighted by atomic mass is 16.2. The molecule has 110 valence electrons. The Kier molecular flexibility index (Phi) is 2.31. The van der Waals surface area contributed by atoms with Gasteiger partial charge in [0, 0.05) is 13.8 Å². The molecule has 4 amide bonds. The van der Waals surface area contributed by atoms with Crippen molar-refractivity contribution in [3.05, 3.63) is 12.2 Å². The van der Waals surface area contributed by atoms with E-state index >= 15 is 0 Å². The van der Waals surface area contributed by atoms with Gasteiger partial charge in [-0.3, -0.25) is 19.2 Å². The first-order valence-corrected chi connectivity index (χ1v) is 7.30. The standard InChI is InChI=1S/C15H16N2O4/c1-6(18)16(7(2)19)17-14(20)12-8-3-4-9(11-5-10(8)11)13(12)15(17)21/h3-4,8-13H,5H2,1-2H3. The summed E-state index contributed by atoms with van der Waals surface area (Å²) in [5, 5.41) is 1.49. The molecule has 3 fully saturated rings. The first kappa shape index (κ1) is 12.7. The number of carbonyl (C=O) groups is 4. The van der Waals surface area contributed by atoms with Crippen LogP contribution in [0.1, 0.15) is 20.3 Å². The number of allylic oxidation sites excluding steroid dienone is 2. The lowest BCUT2D eigenvalue weighted by atomic mass is 9.63. The summed E-state index contributed by atoms with van der Waals surface area (Å²) in [5.41, 5.74) is 0. The lowest BCUT2D eigenvalue weighted by Gasteiger charge is -2.37. The molecule has 0 radical (unpaired) electrons. The van der Waals surface area contributed by atoms with Crippen LogP contribution in [-0.4, -0.2) is 33.6 Å². The van der Waals surface area contributed by atoms with Gasteiger partial charge >= 0.3 is 0 Å². The van der Waals surface area contributed by atoms with Crippen LogP contribution in [-0.2, 0) is 19.2 Å². The van der Waals surface area contributed by atoms with E-state index in [0.717, 1.165) is 11.4 Å². The molecule has 6 unspecified atom stereocenters. The van der Waals surface area contributed by atoms with Crippen molar-refractivity contribution < 1.29 is 19.2 Å². The maximum Gasteiger partial charge on any atom is 0.253 e. The van der Waals surface area contributed by atoms with Gasteiger partial charge in [0.05, 0.1) is 11.8 Å². The molecule has 0 aromatic rings. The topological polar surface area (TPSA) is 74.8 Å². The molecule has 2 bridgehead atoms. The van der Waals surface area contributed by atoms with Crippen LogP contribution in [0.25, 0.3) is 0 Å². The van der Waals surface area contributed by atoms with Crippen molar-refractivity contribution in [1.82, 2.24) is 10.0 Å². The van der Waals surface area contributed by atoms with Crippen LogP contribution in [0, 0.1) is 35.5 Å². The van der Waals surface area contributed by atoms with Crippen molar-refractivity contribution in [2.24, 2.45) is 35.5 Å². The van der Waals surface area contributed by atoms with E-state index in [1.165, 1.54) is 13.8 Å². The van der Waals surface area contributed by atoms with Crippen molar-refractivity contribution in [2.75, 3.05) is 0 Å². The zero-order chi connectivity index (χ0) is 15.0. The van der Waals surface area contributed by atoms with Crippen molar-refractivity contribution in [2.45, 2.75) is 20.3 Å². The maximum atomic E-state index is 12.7. The fourth-order valence-electron chi connectivity index (χ4n) is 4.64. The molecule has 6 atom stereocenters. The Morgan fingerprint density at radius 3 is 1.81 bits per heavy atom. The molecule has 4 aliphatic carbocycles. The van der Waals surface area contributed by atoms with Crippen LogP contribution in [0.2, 0.25) is 0 Å². The number of hydrogen-bond acceptors (Lipinski definition) is 4. The highest BCUT2D eigenvalue weighted by Gasteiger charge is 2.68. The van der Waals surface area contributed by atoms with E-state index in [4.69, 9.17) is 0 Å². The van der Waals surface area contributed by atoms with Gasteiger partial charge in [0.2, 0.25) is 11.8 Å². The molecule has 1 saturated heterocycles. The van der Waals surface area contributed by atoms with Crippen LogP contribution in [0.3, 0.4) is 0 Å². The van der Waals surface area contributed by atoms with Crippen LogP contribution >= 0.6 is 0 Å². The largest absolute Gasteiger partial charge is 0.273 e. The van der Waals surface area contributed by atoms with Gasteiger partial charge in [0.25, 0.3) is 11.8 Å². The minimum absolute atomic E-state index is 0.0900. The van der Waals surface area contributed by atoms with E-state index in [1.807, 2.05) is 0 Å². The Bertz CT molecular complexity index is 575. The Morgan fingerprint density at radius 2 is 1.43 bits per heavy atom. The second kappa shape index (κ2) is 3.81. The van der Waals surface area contributed by atoms with Crippen LogP contribution in [0.4, 0.5) is 0 Å². The first-order valence-electron chi connectivity index (χ1n) is 7.30. The Balaban J connectivity index is 1.75. The van der Waals surface area contributed by atoms with Crippen LogP contribution in [0.5, 0.6) is 0 Å². The summed E-state index contributed by atoms with van der Waals surface area (Å²) in [6.45, 7) is 2.38. The van der Waals surface area contributed by atoms with Crippen molar-refractivity contribution >= 4 is 23.6 Å². The number of hydrogen-bond donors (Lipinski definition) is 0. The number of nitrogens with zero attached hydrogens (tertiary/aromatic N) is 2. The second-order valence-corrected chi connectivity index (χ2v) is 6.49. The maximum absolute atomic E-state index is 12.7. The molecule has 6 nitrogen and oxygen atoms in total. The molecule has 5 rings (SSSR count). The van der Waals surface area contributed by atoms with Gasteiger partial charge in [-0.25, -0.2) is 0 Å². The van der Waals surface area contributed by atoms with Gasteiger partial charge in [-0.2, -0.15) is 10.0 Å². The Morgan fingerprint density at radius 1 is 1.00 bits per heavy atom. The van der Waals surface area contributed by atoms with E-state index < -0.39 is 23.7 Å². The number of carbonyl (C=O) groups excluding carboxylic acids is 4. The quantitative estimate of drug-likeness (QED) is 0.515. The molecule has 0 aromatic carbocycles. The predicted molar refractivity (Wildman–Crippen MR) is 69.8 cm³/mol. The summed E-state index contributed by atoms with van der Waals surface area (Å²) in [7, 11) is 0. The van der Waals surface area contributed by atoms with E-state index in [9.17, 15) is 19.2 Å². The highest BCUT2D eigenvalue weighted by molar-refractivity contribution is 6.10. The molecule has 6 heteroatoms. The number of rotatable bonds is 1. The average molecular weight is 288 g/mol. The third-order valence-electron chi connectivity index (χ3n) is 5.44. The van der Waals surface area contributed by atoms with Gasteiger partial charge in [-0.15, -0.1) is 0 Å². The van der Waals surface area contributed by atoms with Crippen molar-refractivity contribution in [3.8, 4) is 0 Å². The lowest BCUT2D eigenvalue weighted by molar-refractivity contribution is -0.175. The first-order chi connectivity index (χ1) is 9.93. The molecule has 1 heterocycles. The van der Waals surface area contributed by atoms with E-state index in [2.05, 4.69) is 12.2 Å². The average Bonchev–Trinajstić information content (AvgIpc) is 3.19. The number of hydrazine groups is 1. The lowest BCUT2D eigenvalue weighted by Crippen LogP contribution is -2.51. The zero-order valence-electron chi connectivity index (χ0n) is 11.9. The third-order valence-corrected chi connectivity index (χ3v) is 5.44. The van der Waals surface area contributed by atoms with E-state index in [-0.39, 0.29) is 23.7 Å². The minimum Gasteiger partial charge on any atom is -0.273 e. The molecule has 5 aliphatic rings. The van der Waals surface area contributed by atoms with E-state index in [1.54, 1.807) is 0 Å². The Hall–Kier alpha value is -1.98. The van der Waals surface area contributed by atoms with Gasteiger partial charge < -0.3 is 0 Å². The molecule has 1 aliphatic heterocycles. The van der Waals surface area contributed by atoms with Gasteiger partial charge in [0.1, 0.15) is 0 Å². The summed E-state index contributed by atoms with van der Waals surface area (Å²) >= 11 is 0. The minimum atomic E-state index is -0.603. The summed E-state index contributed by atoms with van der Waals surface area (Å²) in [5.74, 6) is -1.58. The Labute approximate surface area is 121 Å². The summed E-state index contributed by atoms with van der Waals surface area (Å²) in [4.78, 5) is 48.7. The van der Waals surface area contributed by atoms with Gasteiger partial charge in [-0.1, -0.05) is 12.2 Å². The predicted octanol–water partition coefficient (Wildman–Crippen LogP) is 0.350. The fraction of sp³-hybridized carbons (Fsp3) is 0.600. The third kappa shape index (κ3) is 1.42. The van der Waals surface area contributed by atoms with Crippen molar-refractivity contribution in [1.29, 1.82) is 0 Å². The molecule has 2 saturated carbocycles. The van der Waals surface area contributed by atoms with Crippen LogP contribution < -0.4 is 0 Å². The summed E-state index contributed by atoms with van der Waals surface area (Å²) < 4.78 is 0. The molecule has 0 N–H and O–H groups in total. The summed E-state index contributed by atoms with van der Waals surface area (Å²) in [6, 6.07) is 0. The van der Waals surface area contributed by atoms with Crippen LogP contribution in [0.15, 0.2) is 12.2 Å². The molecular formula is C15H16N2O4. The van der Waals surface area contributed by atoms with Gasteiger partial charge in [0.15, 0.2) is 0 Å². The molecule has 0 spiro atoms. The second-order valence-electron chi connectivity index (χ2n) is 6.49. The zero-order valence-corrected chi connectivity index (χ0v) is 11.9. The molecule has 0 aromatic heterocycles. The normalized spacial score (nSPS) is 41.9. The molecule has 21 heavy (non-hydrogen) atoms. The van der Waals surface area contributed by atoms with Gasteiger partial charge in [-0.05, 0) is 30.1 Å². The fourth-order valence-corrected chi connectivity index (χ4v) is 4.64. The SMILES string of the molecule is CC(=O)N(C(C)=O)N1C(=O)C2C3C=CC(C4CC34)C2C1=O. The highest BCUT2D eigenvalue weighted by Crippen LogP contribution is 2.65.